The molecule has 3 nitrogen and oxygen atoms in total. The van der Waals surface area contributed by atoms with Crippen molar-refractivity contribution in [2.45, 2.75) is 27.7 Å². The summed E-state index contributed by atoms with van der Waals surface area (Å²) in [6.07, 6.45) is 0. The van der Waals surface area contributed by atoms with E-state index in [0.717, 1.165) is 16.9 Å². The number of benzene rings is 1. The van der Waals surface area contributed by atoms with Crippen LogP contribution in [0.3, 0.4) is 0 Å². The van der Waals surface area contributed by atoms with E-state index in [-0.39, 0.29) is 5.56 Å². The predicted octanol–water partition coefficient (Wildman–Crippen LogP) is 2.82. The fourth-order valence-corrected chi connectivity index (χ4v) is 1.70. The lowest BCUT2D eigenvalue weighted by Gasteiger charge is -2.07. The second-order valence-electron chi connectivity index (χ2n) is 3.69. The molecule has 1 aromatic heterocycles. The first-order valence-electron chi connectivity index (χ1n) is 5.93. The van der Waals surface area contributed by atoms with Crippen molar-refractivity contribution in [1.29, 1.82) is 0 Å². The minimum absolute atomic E-state index is 0.0567. The fraction of sp³-hybridized carbons (Fsp3) is 0.357. The molecule has 0 aliphatic rings. The van der Waals surface area contributed by atoms with Crippen molar-refractivity contribution >= 4 is 0 Å². The summed E-state index contributed by atoms with van der Waals surface area (Å²) in [6, 6.07) is 9.66. The van der Waals surface area contributed by atoms with Gasteiger partial charge in [-0.05, 0) is 26.0 Å². The van der Waals surface area contributed by atoms with Gasteiger partial charge in [-0.1, -0.05) is 32.0 Å². The molecular formula is C14H20N2O. The number of rotatable bonds is 1. The van der Waals surface area contributed by atoms with Gasteiger partial charge in [0.15, 0.2) is 0 Å². The SMILES string of the molecule is CC.Cc1c(C)n(C)n(-c2ccccc2)c1=O. The van der Waals surface area contributed by atoms with E-state index in [1.54, 1.807) is 4.68 Å². The van der Waals surface area contributed by atoms with Crippen LogP contribution < -0.4 is 5.56 Å². The Morgan fingerprint density at radius 3 is 1.94 bits per heavy atom. The van der Waals surface area contributed by atoms with E-state index >= 15 is 0 Å². The van der Waals surface area contributed by atoms with Gasteiger partial charge in [-0.15, -0.1) is 0 Å². The highest BCUT2D eigenvalue weighted by molar-refractivity contribution is 5.32. The van der Waals surface area contributed by atoms with E-state index in [1.807, 2.05) is 69.8 Å². The fourth-order valence-electron chi connectivity index (χ4n) is 1.70. The minimum Gasteiger partial charge on any atom is -0.285 e. The maximum Gasteiger partial charge on any atom is 0.274 e. The van der Waals surface area contributed by atoms with Gasteiger partial charge < -0.3 is 0 Å². The van der Waals surface area contributed by atoms with Crippen molar-refractivity contribution in [1.82, 2.24) is 9.36 Å². The Hall–Kier alpha value is -1.77. The number of aromatic nitrogens is 2. The van der Waals surface area contributed by atoms with E-state index in [1.165, 1.54) is 0 Å². The van der Waals surface area contributed by atoms with Crippen LogP contribution in [0.4, 0.5) is 0 Å². The molecule has 0 spiro atoms. The van der Waals surface area contributed by atoms with Gasteiger partial charge in [0.25, 0.3) is 5.56 Å². The van der Waals surface area contributed by atoms with Crippen molar-refractivity contribution in [2.75, 3.05) is 0 Å². The molecule has 1 aromatic carbocycles. The van der Waals surface area contributed by atoms with Gasteiger partial charge in [0, 0.05) is 18.3 Å². The molecule has 0 fully saturated rings. The highest BCUT2D eigenvalue weighted by Gasteiger charge is 2.11. The topological polar surface area (TPSA) is 26.9 Å². The molecular weight excluding hydrogens is 212 g/mol. The molecule has 0 bridgehead atoms. The lowest BCUT2D eigenvalue weighted by Crippen LogP contribution is -2.20. The summed E-state index contributed by atoms with van der Waals surface area (Å²) in [4.78, 5) is 12.0. The normalized spacial score (nSPS) is 9.71. The van der Waals surface area contributed by atoms with Crippen LogP contribution in [-0.2, 0) is 7.05 Å². The zero-order valence-corrected chi connectivity index (χ0v) is 11.2. The summed E-state index contributed by atoms with van der Waals surface area (Å²) < 4.78 is 3.57. The van der Waals surface area contributed by atoms with E-state index in [0.29, 0.717) is 0 Å². The molecule has 0 atom stereocenters. The van der Waals surface area contributed by atoms with Gasteiger partial charge in [-0.25, -0.2) is 4.68 Å². The second kappa shape index (κ2) is 5.53. The molecule has 0 aliphatic carbocycles. The first-order valence-corrected chi connectivity index (χ1v) is 5.93. The van der Waals surface area contributed by atoms with Crippen LogP contribution in [0, 0.1) is 13.8 Å². The molecule has 0 radical (unpaired) electrons. The first kappa shape index (κ1) is 13.3. The van der Waals surface area contributed by atoms with Crippen LogP contribution in [-0.4, -0.2) is 9.36 Å². The molecule has 92 valence electrons. The van der Waals surface area contributed by atoms with Crippen molar-refractivity contribution in [3.8, 4) is 5.69 Å². The Kier molecular flexibility index (Phi) is 4.32. The third-order valence-corrected chi connectivity index (χ3v) is 2.84. The Bertz CT molecular complexity index is 535. The number of hydrogen-bond acceptors (Lipinski definition) is 1. The van der Waals surface area contributed by atoms with Gasteiger partial charge >= 0.3 is 0 Å². The maximum absolute atomic E-state index is 12.0. The van der Waals surface area contributed by atoms with Crippen LogP contribution in [0.5, 0.6) is 0 Å². The van der Waals surface area contributed by atoms with Gasteiger partial charge in [0.2, 0.25) is 0 Å². The van der Waals surface area contributed by atoms with Gasteiger partial charge in [-0.3, -0.25) is 9.48 Å². The van der Waals surface area contributed by atoms with Crippen LogP contribution >= 0.6 is 0 Å². The highest BCUT2D eigenvalue weighted by Crippen LogP contribution is 2.08. The molecule has 0 aliphatic heterocycles. The summed E-state index contributed by atoms with van der Waals surface area (Å²) in [5, 5.41) is 0. The van der Waals surface area contributed by atoms with Crippen molar-refractivity contribution < 1.29 is 0 Å². The third-order valence-electron chi connectivity index (χ3n) is 2.84. The second-order valence-corrected chi connectivity index (χ2v) is 3.69. The Balaban J connectivity index is 0.000000686. The lowest BCUT2D eigenvalue weighted by molar-refractivity contribution is 0.630. The standard InChI is InChI=1S/C12H14N2O.C2H6/c1-9-10(2)13(3)14(12(9)15)11-7-5-4-6-8-11;1-2/h4-8H,1-3H3;1-2H3. The molecule has 0 amide bonds. The molecule has 2 aromatic rings. The average Bonchev–Trinajstić information content (AvgIpc) is 2.58. The quantitative estimate of drug-likeness (QED) is 0.742. The van der Waals surface area contributed by atoms with Crippen LogP contribution in [0.2, 0.25) is 0 Å². The highest BCUT2D eigenvalue weighted by atomic mass is 16.1. The largest absolute Gasteiger partial charge is 0.285 e. The van der Waals surface area contributed by atoms with Crippen molar-refractivity contribution in [2.24, 2.45) is 7.05 Å². The first-order chi connectivity index (χ1) is 8.13. The molecule has 1 heterocycles. The minimum atomic E-state index is 0.0567. The average molecular weight is 232 g/mol. The number of para-hydroxylation sites is 1. The third kappa shape index (κ3) is 2.33. The molecule has 17 heavy (non-hydrogen) atoms. The van der Waals surface area contributed by atoms with Crippen LogP contribution in [0.25, 0.3) is 5.69 Å². The molecule has 0 N–H and O–H groups in total. The Labute approximate surface area is 102 Å². The zero-order valence-electron chi connectivity index (χ0n) is 11.2. The molecule has 3 heteroatoms. The summed E-state index contributed by atoms with van der Waals surface area (Å²) >= 11 is 0. The summed E-state index contributed by atoms with van der Waals surface area (Å²) in [5.74, 6) is 0. The zero-order chi connectivity index (χ0) is 13.0. The van der Waals surface area contributed by atoms with E-state index in [9.17, 15) is 4.79 Å². The van der Waals surface area contributed by atoms with Crippen molar-refractivity contribution in [3.05, 3.63) is 51.9 Å². The molecule has 0 saturated heterocycles. The van der Waals surface area contributed by atoms with E-state index < -0.39 is 0 Å². The van der Waals surface area contributed by atoms with E-state index in [4.69, 9.17) is 0 Å². The van der Waals surface area contributed by atoms with Gasteiger partial charge in [0.1, 0.15) is 0 Å². The summed E-state index contributed by atoms with van der Waals surface area (Å²) in [5.41, 5.74) is 2.77. The van der Waals surface area contributed by atoms with E-state index in [2.05, 4.69) is 0 Å². The Morgan fingerprint density at radius 1 is 1.00 bits per heavy atom. The molecule has 2 rings (SSSR count). The summed E-state index contributed by atoms with van der Waals surface area (Å²) in [7, 11) is 1.90. The molecule has 0 unspecified atom stereocenters. The Morgan fingerprint density at radius 2 is 1.53 bits per heavy atom. The lowest BCUT2D eigenvalue weighted by atomic mass is 10.3. The smallest absolute Gasteiger partial charge is 0.274 e. The van der Waals surface area contributed by atoms with Crippen LogP contribution in [0.1, 0.15) is 25.1 Å². The molecule has 0 saturated carbocycles. The number of nitrogens with zero attached hydrogens (tertiary/aromatic N) is 2. The summed E-state index contributed by atoms with van der Waals surface area (Å²) in [6.45, 7) is 7.81. The van der Waals surface area contributed by atoms with Crippen LogP contribution in [0.15, 0.2) is 35.1 Å². The van der Waals surface area contributed by atoms with Gasteiger partial charge in [-0.2, -0.15) is 0 Å². The maximum atomic E-state index is 12.0. The van der Waals surface area contributed by atoms with Crippen molar-refractivity contribution in [3.63, 3.8) is 0 Å². The number of hydrogen-bond donors (Lipinski definition) is 0. The monoisotopic (exact) mass is 232 g/mol. The van der Waals surface area contributed by atoms with Gasteiger partial charge in [0.05, 0.1) is 5.69 Å². The predicted molar refractivity (Wildman–Crippen MR) is 71.8 cm³/mol.